The molecule has 0 atom stereocenters. The minimum Gasteiger partial charge on any atom is -0.349 e. The molecule has 1 fully saturated rings. The minimum absolute atomic E-state index is 0.189. The number of nitrogens with zero attached hydrogens (tertiary/aromatic N) is 4. The predicted molar refractivity (Wildman–Crippen MR) is 76.2 cm³/mol. The smallest absolute Gasteiger partial charge is 0.222 e. The van der Waals surface area contributed by atoms with Crippen LogP contribution < -0.4 is 0 Å². The monoisotopic (exact) mass is 282 g/mol. The predicted octanol–water partition coefficient (Wildman–Crippen LogP) is 2.04. The van der Waals surface area contributed by atoms with Gasteiger partial charge in [0.25, 0.3) is 0 Å². The lowest BCUT2D eigenvalue weighted by molar-refractivity contribution is -0.128. The normalized spacial score (nSPS) is 15.3. The van der Waals surface area contributed by atoms with Crippen LogP contribution in [0.2, 0.25) is 0 Å². The van der Waals surface area contributed by atoms with Crippen molar-refractivity contribution >= 4 is 17.7 Å². The van der Waals surface area contributed by atoms with Crippen molar-refractivity contribution < 1.29 is 4.79 Å². The van der Waals surface area contributed by atoms with Gasteiger partial charge >= 0.3 is 0 Å². The van der Waals surface area contributed by atoms with Gasteiger partial charge in [0, 0.05) is 39.2 Å². The van der Waals surface area contributed by atoms with Crippen molar-refractivity contribution in [1.82, 2.24) is 19.7 Å². The van der Waals surface area contributed by atoms with Crippen LogP contribution >= 0.6 is 11.8 Å². The first kappa shape index (κ1) is 14.4. The molecular formula is C13H22N4OS. The van der Waals surface area contributed by atoms with Gasteiger partial charge in [-0.15, -0.1) is 10.2 Å². The Hall–Kier alpha value is -1.04. The fourth-order valence-electron chi connectivity index (χ4n) is 2.08. The second kappa shape index (κ2) is 6.41. The second-order valence-corrected chi connectivity index (χ2v) is 6.33. The number of amides is 1. The second-order valence-electron chi connectivity index (χ2n) is 5.27. The Bertz CT molecular complexity index is 440. The molecule has 6 heteroatoms. The molecule has 1 amide bonds. The average molecular weight is 282 g/mol. The molecule has 2 rings (SSSR count). The molecule has 106 valence electrons. The maximum atomic E-state index is 11.4. The first-order valence-corrected chi connectivity index (χ1v) is 7.80. The van der Waals surface area contributed by atoms with Gasteiger partial charge in [0.2, 0.25) is 5.91 Å². The molecule has 1 aromatic heterocycles. The molecule has 1 aliphatic carbocycles. The third-order valence-electron chi connectivity index (χ3n) is 3.60. The van der Waals surface area contributed by atoms with E-state index in [1.54, 1.807) is 30.8 Å². The van der Waals surface area contributed by atoms with E-state index in [-0.39, 0.29) is 5.91 Å². The quantitative estimate of drug-likeness (QED) is 0.592. The van der Waals surface area contributed by atoms with Crippen molar-refractivity contribution in [1.29, 1.82) is 0 Å². The van der Waals surface area contributed by atoms with Crippen LogP contribution in [0.1, 0.15) is 43.8 Å². The van der Waals surface area contributed by atoms with Gasteiger partial charge in [-0.3, -0.25) is 4.79 Å². The maximum Gasteiger partial charge on any atom is 0.222 e. The van der Waals surface area contributed by atoms with Crippen LogP contribution in [0.25, 0.3) is 0 Å². The van der Waals surface area contributed by atoms with Gasteiger partial charge in [-0.05, 0) is 19.3 Å². The SMILES string of the molecule is CN(C)C(=O)CCCSc1nnc(C2CCC2)n1C. The Morgan fingerprint density at radius 1 is 1.42 bits per heavy atom. The fraction of sp³-hybridized carbons (Fsp3) is 0.769. The summed E-state index contributed by atoms with van der Waals surface area (Å²) in [5, 5.41) is 9.52. The first-order valence-electron chi connectivity index (χ1n) is 6.82. The van der Waals surface area contributed by atoms with Crippen molar-refractivity contribution in [2.75, 3.05) is 19.8 Å². The molecule has 0 aliphatic heterocycles. The van der Waals surface area contributed by atoms with Gasteiger partial charge in [-0.2, -0.15) is 0 Å². The van der Waals surface area contributed by atoms with Crippen molar-refractivity contribution in [3.8, 4) is 0 Å². The van der Waals surface area contributed by atoms with E-state index < -0.39 is 0 Å². The summed E-state index contributed by atoms with van der Waals surface area (Å²) in [5.41, 5.74) is 0. The lowest BCUT2D eigenvalue weighted by Gasteiger charge is -2.23. The molecule has 19 heavy (non-hydrogen) atoms. The molecule has 1 saturated carbocycles. The van der Waals surface area contributed by atoms with E-state index in [9.17, 15) is 4.79 Å². The molecule has 0 bridgehead atoms. The number of hydrogen-bond acceptors (Lipinski definition) is 4. The highest BCUT2D eigenvalue weighted by atomic mass is 32.2. The number of aromatic nitrogens is 3. The number of hydrogen-bond donors (Lipinski definition) is 0. The zero-order valence-electron chi connectivity index (χ0n) is 11.9. The highest BCUT2D eigenvalue weighted by Gasteiger charge is 2.25. The summed E-state index contributed by atoms with van der Waals surface area (Å²) < 4.78 is 2.11. The number of thioether (sulfide) groups is 1. The van der Waals surface area contributed by atoms with E-state index in [0.29, 0.717) is 12.3 Å². The minimum atomic E-state index is 0.189. The van der Waals surface area contributed by atoms with E-state index in [4.69, 9.17) is 0 Å². The first-order chi connectivity index (χ1) is 9.09. The summed E-state index contributed by atoms with van der Waals surface area (Å²) in [5.74, 6) is 2.84. The average Bonchev–Trinajstić information content (AvgIpc) is 2.65. The van der Waals surface area contributed by atoms with Crippen molar-refractivity contribution in [3.63, 3.8) is 0 Å². The Morgan fingerprint density at radius 3 is 2.74 bits per heavy atom. The molecule has 0 radical (unpaired) electrons. The highest BCUT2D eigenvalue weighted by Crippen LogP contribution is 2.36. The molecule has 5 nitrogen and oxygen atoms in total. The Kier molecular flexibility index (Phi) is 4.85. The van der Waals surface area contributed by atoms with E-state index in [0.717, 1.165) is 23.2 Å². The fourth-order valence-corrected chi connectivity index (χ4v) is 2.94. The van der Waals surface area contributed by atoms with E-state index >= 15 is 0 Å². The van der Waals surface area contributed by atoms with Gasteiger partial charge in [-0.1, -0.05) is 18.2 Å². The third-order valence-corrected chi connectivity index (χ3v) is 4.71. The summed E-state index contributed by atoms with van der Waals surface area (Å²) in [6, 6.07) is 0. The summed E-state index contributed by atoms with van der Waals surface area (Å²) in [6.07, 6.45) is 5.29. The van der Waals surface area contributed by atoms with Gasteiger partial charge in [-0.25, -0.2) is 0 Å². The number of rotatable bonds is 6. The van der Waals surface area contributed by atoms with Crippen molar-refractivity contribution in [3.05, 3.63) is 5.82 Å². The number of carbonyl (C=O) groups is 1. The Balaban J connectivity index is 1.77. The lowest BCUT2D eigenvalue weighted by atomic mass is 9.85. The Morgan fingerprint density at radius 2 is 2.16 bits per heavy atom. The molecule has 0 spiro atoms. The van der Waals surface area contributed by atoms with E-state index in [2.05, 4.69) is 14.8 Å². The molecule has 1 aromatic rings. The molecular weight excluding hydrogens is 260 g/mol. The van der Waals surface area contributed by atoms with Crippen LogP contribution in [-0.4, -0.2) is 45.4 Å². The van der Waals surface area contributed by atoms with Crippen molar-refractivity contribution in [2.45, 2.75) is 43.2 Å². The van der Waals surface area contributed by atoms with Crippen molar-refractivity contribution in [2.24, 2.45) is 7.05 Å². The summed E-state index contributed by atoms with van der Waals surface area (Å²) in [6.45, 7) is 0. The van der Waals surface area contributed by atoms with Crippen LogP contribution in [0.3, 0.4) is 0 Å². The molecule has 1 aliphatic rings. The lowest BCUT2D eigenvalue weighted by Crippen LogP contribution is -2.21. The summed E-state index contributed by atoms with van der Waals surface area (Å²) >= 11 is 1.69. The van der Waals surface area contributed by atoms with Gasteiger partial charge in [0.1, 0.15) is 5.82 Å². The Labute approximate surface area is 118 Å². The van der Waals surface area contributed by atoms with Gasteiger partial charge in [0.05, 0.1) is 0 Å². The third kappa shape index (κ3) is 3.49. The topological polar surface area (TPSA) is 51.0 Å². The van der Waals surface area contributed by atoms with Gasteiger partial charge in [0.15, 0.2) is 5.16 Å². The molecule has 0 saturated heterocycles. The van der Waals surface area contributed by atoms with Crippen LogP contribution in [0, 0.1) is 0 Å². The summed E-state index contributed by atoms with van der Waals surface area (Å²) in [4.78, 5) is 13.1. The molecule has 0 aromatic carbocycles. The molecule has 0 N–H and O–H groups in total. The maximum absolute atomic E-state index is 11.4. The molecule has 0 unspecified atom stereocenters. The highest BCUT2D eigenvalue weighted by molar-refractivity contribution is 7.99. The van der Waals surface area contributed by atoms with Crippen LogP contribution in [-0.2, 0) is 11.8 Å². The van der Waals surface area contributed by atoms with Crippen LogP contribution in [0.15, 0.2) is 5.16 Å². The van der Waals surface area contributed by atoms with Crippen LogP contribution in [0.4, 0.5) is 0 Å². The van der Waals surface area contributed by atoms with Crippen LogP contribution in [0.5, 0.6) is 0 Å². The number of carbonyl (C=O) groups excluding carboxylic acids is 1. The zero-order chi connectivity index (χ0) is 13.8. The molecule has 1 heterocycles. The summed E-state index contributed by atoms with van der Waals surface area (Å²) in [7, 11) is 5.63. The van der Waals surface area contributed by atoms with E-state index in [1.807, 2.05) is 7.05 Å². The zero-order valence-corrected chi connectivity index (χ0v) is 12.7. The van der Waals surface area contributed by atoms with E-state index in [1.165, 1.54) is 19.3 Å². The van der Waals surface area contributed by atoms with Gasteiger partial charge < -0.3 is 9.47 Å². The largest absolute Gasteiger partial charge is 0.349 e. The standard InChI is InChI=1S/C13H22N4OS/c1-16(2)11(18)8-5-9-19-13-15-14-12(17(13)3)10-6-4-7-10/h10H,4-9H2,1-3H3.